The molecule has 0 amide bonds. The zero-order chi connectivity index (χ0) is 29.9. The van der Waals surface area contributed by atoms with Crippen molar-refractivity contribution in [3.05, 3.63) is 152 Å². The number of aromatic nitrogens is 1. The Hall–Kier alpha value is -5.58. The number of hydrogen-bond acceptors (Lipinski definition) is 2. The van der Waals surface area contributed by atoms with Gasteiger partial charge < -0.3 is 9.38 Å². The highest BCUT2D eigenvalue weighted by Crippen LogP contribution is 2.48. The summed E-state index contributed by atoms with van der Waals surface area (Å²) in [5, 5.41) is 5.31. The number of fused-ring (bicyclic) bond motifs is 18. The lowest BCUT2D eigenvalue weighted by molar-refractivity contribution is 1.18. The lowest BCUT2D eigenvalue weighted by Crippen LogP contribution is -2.59. The summed E-state index contributed by atoms with van der Waals surface area (Å²) in [5.74, 6) is 0. The maximum Gasteiger partial charge on any atom is 0.330 e. The monoisotopic (exact) mass is 600 g/mol. The zero-order valence-electron chi connectivity index (χ0n) is 24.8. The lowest BCUT2D eigenvalue weighted by Gasteiger charge is -2.43. The van der Waals surface area contributed by atoms with Crippen LogP contribution in [0, 0.1) is 0 Å². The first kappa shape index (κ1) is 24.7. The van der Waals surface area contributed by atoms with E-state index in [0.717, 1.165) is 0 Å². The van der Waals surface area contributed by atoms with Crippen LogP contribution < -0.4 is 15.7 Å². The molecule has 2 aliphatic heterocycles. The predicted octanol–water partition coefficient (Wildman–Crippen LogP) is 10.1. The van der Waals surface area contributed by atoms with Gasteiger partial charge in [-0.25, -0.2) is 0 Å². The highest BCUT2D eigenvalue weighted by Gasteiger charge is 2.43. The molecule has 4 heteroatoms. The molecule has 212 valence electrons. The fourth-order valence-corrected chi connectivity index (χ4v) is 9.51. The summed E-state index contributed by atoms with van der Waals surface area (Å²) in [7, 11) is 0. The van der Waals surface area contributed by atoms with Crippen LogP contribution >= 0.6 is 11.3 Å². The van der Waals surface area contributed by atoms with E-state index in [-0.39, 0.29) is 6.85 Å². The number of nitrogens with zero attached hydrogens (tertiary/aromatic N) is 2. The highest BCUT2D eigenvalue weighted by atomic mass is 32.1. The van der Waals surface area contributed by atoms with Crippen molar-refractivity contribution < 1.29 is 0 Å². The first-order valence-electron chi connectivity index (χ1n) is 15.9. The summed E-state index contributed by atoms with van der Waals surface area (Å²) < 4.78 is 5.12. The molecule has 0 fully saturated rings. The SMILES string of the molecule is c1ccc(-n2c3ccccc3c3cc4sc5ccc6c(c5c4cc32)B2c3ccccc3-c3ccccc3N2c2ccccc2-6)cc1. The van der Waals surface area contributed by atoms with Crippen LogP contribution in [0.4, 0.5) is 11.4 Å². The van der Waals surface area contributed by atoms with Gasteiger partial charge in [0.2, 0.25) is 0 Å². The minimum atomic E-state index is 0.0631. The summed E-state index contributed by atoms with van der Waals surface area (Å²) in [6.07, 6.45) is 0. The van der Waals surface area contributed by atoms with Crippen molar-refractivity contribution in [2.45, 2.75) is 0 Å². The number of anilines is 2. The second-order valence-electron chi connectivity index (χ2n) is 12.4. The van der Waals surface area contributed by atoms with Crippen LogP contribution in [-0.4, -0.2) is 11.4 Å². The molecule has 0 atom stereocenters. The molecule has 2 aliphatic rings. The molecule has 2 nitrogen and oxygen atoms in total. The van der Waals surface area contributed by atoms with E-state index in [2.05, 4.69) is 161 Å². The van der Waals surface area contributed by atoms with Gasteiger partial charge in [0.1, 0.15) is 0 Å². The molecule has 0 saturated carbocycles. The van der Waals surface area contributed by atoms with Gasteiger partial charge in [0.05, 0.1) is 11.0 Å². The van der Waals surface area contributed by atoms with Crippen LogP contribution in [0.2, 0.25) is 0 Å². The zero-order valence-corrected chi connectivity index (χ0v) is 25.6. The molecule has 0 N–H and O–H groups in total. The normalized spacial score (nSPS) is 13.1. The largest absolute Gasteiger partial charge is 0.376 e. The second-order valence-corrected chi connectivity index (χ2v) is 13.5. The van der Waals surface area contributed by atoms with E-state index in [0.29, 0.717) is 0 Å². The summed E-state index contributed by atoms with van der Waals surface area (Å²) in [6.45, 7) is 0.0631. The maximum absolute atomic E-state index is 2.61. The summed E-state index contributed by atoms with van der Waals surface area (Å²) in [4.78, 5) is 2.61. The van der Waals surface area contributed by atoms with Crippen LogP contribution in [0.15, 0.2) is 152 Å². The van der Waals surface area contributed by atoms with Gasteiger partial charge in [-0.15, -0.1) is 11.3 Å². The van der Waals surface area contributed by atoms with E-state index in [4.69, 9.17) is 0 Å². The van der Waals surface area contributed by atoms with Crippen LogP contribution in [0.5, 0.6) is 0 Å². The van der Waals surface area contributed by atoms with Crippen molar-refractivity contribution in [3.63, 3.8) is 0 Å². The Morgan fingerprint density at radius 3 is 1.96 bits per heavy atom. The number of thiophene rings is 1. The average molecular weight is 601 g/mol. The van der Waals surface area contributed by atoms with E-state index in [1.807, 2.05) is 11.3 Å². The van der Waals surface area contributed by atoms with E-state index < -0.39 is 0 Å². The molecule has 2 aromatic heterocycles. The fourth-order valence-electron chi connectivity index (χ4n) is 8.37. The van der Waals surface area contributed by atoms with Crippen LogP contribution in [-0.2, 0) is 0 Å². The van der Waals surface area contributed by atoms with Gasteiger partial charge in [0, 0.05) is 53.7 Å². The third-order valence-electron chi connectivity index (χ3n) is 10.2. The molecule has 4 heterocycles. The Morgan fingerprint density at radius 1 is 0.457 bits per heavy atom. The maximum atomic E-state index is 2.61. The van der Waals surface area contributed by atoms with Crippen molar-refractivity contribution in [2.75, 3.05) is 4.81 Å². The number of benzene rings is 7. The molecular formula is C42H25BN2S. The van der Waals surface area contributed by atoms with Gasteiger partial charge in [-0.05, 0) is 76.0 Å². The first-order valence-corrected chi connectivity index (χ1v) is 16.7. The molecule has 0 unspecified atom stereocenters. The summed E-state index contributed by atoms with van der Waals surface area (Å²) in [5.41, 5.74) is 14.2. The summed E-state index contributed by atoms with van der Waals surface area (Å²) in [6, 6.07) is 56.2. The molecular weight excluding hydrogens is 575 g/mol. The average Bonchev–Trinajstić information content (AvgIpc) is 3.65. The van der Waals surface area contributed by atoms with Crippen LogP contribution in [0.3, 0.4) is 0 Å². The molecule has 0 bridgehead atoms. The molecule has 7 aromatic carbocycles. The van der Waals surface area contributed by atoms with Crippen LogP contribution in [0.1, 0.15) is 0 Å². The first-order chi connectivity index (χ1) is 22.8. The molecule has 0 aliphatic carbocycles. The Morgan fingerprint density at radius 2 is 1.13 bits per heavy atom. The van der Waals surface area contributed by atoms with Gasteiger partial charge in [0.25, 0.3) is 0 Å². The molecule has 0 spiro atoms. The van der Waals surface area contributed by atoms with Crippen LogP contribution in [0.25, 0.3) is 69.9 Å². The second kappa shape index (κ2) is 9.00. The molecule has 0 saturated heterocycles. The van der Waals surface area contributed by atoms with Crippen molar-refractivity contribution in [1.29, 1.82) is 0 Å². The van der Waals surface area contributed by atoms with Crippen molar-refractivity contribution >= 4 is 82.5 Å². The Kier molecular flexibility index (Phi) is 4.83. The van der Waals surface area contributed by atoms with Gasteiger partial charge in [0.15, 0.2) is 0 Å². The third-order valence-corrected chi connectivity index (χ3v) is 11.3. The Bertz CT molecular complexity index is 2720. The topological polar surface area (TPSA) is 8.17 Å². The molecule has 9 aromatic rings. The van der Waals surface area contributed by atoms with E-state index >= 15 is 0 Å². The smallest absolute Gasteiger partial charge is 0.330 e. The van der Waals surface area contributed by atoms with Crippen molar-refractivity contribution in [2.24, 2.45) is 0 Å². The summed E-state index contributed by atoms with van der Waals surface area (Å²) >= 11 is 1.92. The van der Waals surface area contributed by atoms with Gasteiger partial charge in [-0.1, -0.05) is 103 Å². The molecule has 0 radical (unpaired) electrons. The number of rotatable bonds is 1. The minimum absolute atomic E-state index is 0.0631. The van der Waals surface area contributed by atoms with E-state index in [9.17, 15) is 0 Å². The molecule has 11 rings (SSSR count). The van der Waals surface area contributed by atoms with E-state index in [1.165, 1.54) is 92.2 Å². The minimum Gasteiger partial charge on any atom is -0.376 e. The quantitative estimate of drug-likeness (QED) is 0.170. The number of hydrogen-bond donors (Lipinski definition) is 0. The lowest BCUT2D eigenvalue weighted by atomic mass is 9.42. The fraction of sp³-hybridized carbons (Fsp3) is 0. The van der Waals surface area contributed by atoms with Gasteiger partial charge in [-0.3, -0.25) is 0 Å². The Balaban J connectivity index is 1.31. The van der Waals surface area contributed by atoms with Gasteiger partial charge in [-0.2, -0.15) is 0 Å². The third kappa shape index (κ3) is 3.12. The van der Waals surface area contributed by atoms with Crippen molar-refractivity contribution in [3.8, 4) is 27.9 Å². The number of para-hydroxylation sites is 4. The predicted molar refractivity (Wildman–Crippen MR) is 198 cm³/mol. The van der Waals surface area contributed by atoms with Gasteiger partial charge >= 0.3 is 6.85 Å². The highest BCUT2D eigenvalue weighted by molar-refractivity contribution is 7.26. The van der Waals surface area contributed by atoms with Crippen molar-refractivity contribution in [1.82, 2.24) is 4.57 Å². The Labute approximate surface area is 270 Å². The standard InChI is InChI=1S/C42H25BN2S/c1-2-12-26(13-3-1)44-35-19-9-5-17-30(35)32-25-40-33(24-38(32)44)41-39(46-40)23-22-31-29-16-7-11-21-37(29)45-36-20-10-6-15-28(36)27-14-4-8-18-34(27)43(45)42(31)41/h1-25H. The van der Waals surface area contributed by atoms with E-state index in [1.54, 1.807) is 0 Å². The molecule has 46 heavy (non-hydrogen) atoms.